The molecular weight excluding hydrogens is 405 g/mol. The third-order valence-corrected chi connectivity index (χ3v) is 6.52. The number of rotatable bonds is 5. The maximum absolute atomic E-state index is 13.7. The first kappa shape index (κ1) is 21.2. The number of aryl methyl sites for hydroxylation is 3. The highest BCUT2D eigenvalue weighted by atomic mass is 32.2. The van der Waals surface area contributed by atoms with Gasteiger partial charge in [0.15, 0.2) is 0 Å². The standard InChI is InChI=1S/C20H21F3N2O3S/c1-11-6-12(2)19(13(3)7-11)29(27,28)25-18(20(21,22)23)8-14-10-24-17-5-4-15(26)9-16(14)17/h4-7,9-10,18,24-26H,8H2,1-3H3. The zero-order valence-electron chi connectivity index (χ0n) is 16.1. The van der Waals surface area contributed by atoms with Crippen LogP contribution in [-0.4, -0.2) is 30.7 Å². The van der Waals surface area contributed by atoms with Gasteiger partial charge in [-0.3, -0.25) is 0 Å². The molecule has 29 heavy (non-hydrogen) atoms. The average Bonchev–Trinajstić information content (AvgIpc) is 2.94. The van der Waals surface area contributed by atoms with Gasteiger partial charge in [0.2, 0.25) is 10.0 Å². The highest BCUT2D eigenvalue weighted by Crippen LogP contribution is 2.30. The molecule has 0 bridgehead atoms. The van der Waals surface area contributed by atoms with E-state index in [0.29, 0.717) is 22.0 Å². The molecule has 0 spiro atoms. The van der Waals surface area contributed by atoms with Crippen molar-refractivity contribution in [1.29, 1.82) is 0 Å². The number of phenols is 1. The van der Waals surface area contributed by atoms with Gasteiger partial charge < -0.3 is 10.1 Å². The van der Waals surface area contributed by atoms with E-state index in [1.165, 1.54) is 18.3 Å². The van der Waals surface area contributed by atoms with Crippen LogP contribution < -0.4 is 4.72 Å². The molecule has 0 aliphatic rings. The zero-order valence-corrected chi connectivity index (χ0v) is 16.9. The number of alkyl halides is 3. The summed E-state index contributed by atoms with van der Waals surface area (Å²) >= 11 is 0. The fraction of sp³-hybridized carbons (Fsp3) is 0.300. The summed E-state index contributed by atoms with van der Waals surface area (Å²) in [4.78, 5) is 2.69. The molecule has 2 aromatic carbocycles. The van der Waals surface area contributed by atoms with Gasteiger partial charge >= 0.3 is 6.18 Å². The molecule has 1 aromatic heterocycles. The molecule has 0 saturated heterocycles. The average molecular weight is 426 g/mol. The van der Waals surface area contributed by atoms with Gasteiger partial charge in [-0.25, -0.2) is 8.42 Å². The van der Waals surface area contributed by atoms with Crippen LogP contribution in [0.3, 0.4) is 0 Å². The lowest BCUT2D eigenvalue weighted by molar-refractivity contribution is -0.150. The van der Waals surface area contributed by atoms with E-state index in [0.717, 1.165) is 5.56 Å². The number of hydrogen-bond donors (Lipinski definition) is 3. The van der Waals surface area contributed by atoms with Crippen LogP contribution >= 0.6 is 0 Å². The number of aromatic amines is 1. The van der Waals surface area contributed by atoms with Gasteiger partial charge in [-0.15, -0.1) is 0 Å². The molecule has 0 aliphatic heterocycles. The Kier molecular flexibility index (Phi) is 5.40. The number of aromatic nitrogens is 1. The largest absolute Gasteiger partial charge is 0.508 e. The molecule has 3 aromatic rings. The minimum Gasteiger partial charge on any atom is -0.508 e. The molecule has 0 saturated carbocycles. The summed E-state index contributed by atoms with van der Waals surface area (Å²) in [6, 6.07) is 5.21. The van der Waals surface area contributed by atoms with Crippen LogP contribution in [0.15, 0.2) is 41.4 Å². The van der Waals surface area contributed by atoms with E-state index < -0.39 is 28.7 Å². The molecule has 0 fully saturated rings. The first-order valence-corrected chi connectivity index (χ1v) is 10.3. The summed E-state index contributed by atoms with van der Waals surface area (Å²) in [6.07, 6.45) is -4.03. The second-order valence-electron chi connectivity index (χ2n) is 7.19. The van der Waals surface area contributed by atoms with Gasteiger partial charge in [-0.2, -0.15) is 17.9 Å². The number of H-pyrrole nitrogens is 1. The van der Waals surface area contributed by atoms with Crippen molar-refractivity contribution >= 4 is 20.9 Å². The normalized spacial score (nSPS) is 13.7. The number of hydrogen-bond acceptors (Lipinski definition) is 3. The van der Waals surface area contributed by atoms with Crippen LogP contribution in [0.4, 0.5) is 13.2 Å². The van der Waals surface area contributed by atoms with Crippen LogP contribution in [0.5, 0.6) is 5.75 Å². The van der Waals surface area contributed by atoms with Gasteiger partial charge in [0.25, 0.3) is 0 Å². The van der Waals surface area contributed by atoms with E-state index in [1.807, 2.05) is 4.72 Å². The predicted octanol–water partition coefficient (Wildman–Crippen LogP) is 4.25. The van der Waals surface area contributed by atoms with Gasteiger partial charge in [0.1, 0.15) is 11.8 Å². The summed E-state index contributed by atoms with van der Waals surface area (Å²) < 4.78 is 68.6. The third-order valence-electron chi connectivity index (χ3n) is 4.74. The van der Waals surface area contributed by atoms with Crippen molar-refractivity contribution in [1.82, 2.24) is 9.71 Å². The summed E-state index contributed by atoms with van der Waals surface area (Å²) in [7, 11) is -4.41. The fourth-order valence-corrected chi connectivity index (χ4v) is 5.29. The smallest absolute Gasteiger partial charge is 0.405 e. The van der Waals surface area contributed by atoms with Crippen molar-refractivity contribution in [2.75, 3.05) is 0 Å². The zero-order chi connectivity index (χ0) is 21.6. The molecule has 3 rings (SSSR count). The van der Waals surface area contributed by atoms with E-state index in [1.54, 1.807) is 39.0 Å². The maximum Gasteiger partial charge on any atom is 0.405 e. The first-order chi connectivity index (χ1) is 13.4. The quantitative estimate of drug-likeness (QED) is 0.570. The number of aromatic hydroxyl groups is 1. The predicted molar refractivity (Wildman–Crippen MR) is 104 cm³/mol. The summed E-state index contributed by atoms with van der Waals surface area (Å²) in [5, 5.41) is 10.0. The molecule has 3 N–H and O–H groups in total. The van der Waals surface area contributed by atoms with Crippen molar-refractivity contribution in [3.63, 3.8) is 0 Å². The summed E-state index contributed by atoms with van der Waals surface area (Å²) in [6.45, 7) is 4.90. The number of sulfonamides is 1. The molecule has 0 aliphatic carbocycles. The minimum absolute atomic E-state index is 0.0894. The summed E-state index contributed by atoms with van der Waals surface area (Å²) in [5.74, 6) is -0.0894. The van der Waals surface area contributed by atoms with Crippen LogP contribution in [0, 0.1) is 20.8 Å². The lowest BCUT2D eigenvalue weighted by atomic mass is 10.1. The highest BCUT2D eigenvalue weighted by molar-refractivity contribution is 7.89. The molecule has 5 nitrogen and oxygen atoms in total. The van der Waals surface area contributed by atoms with Crippen molar-refractivity contribution in [3.8, 4) is 5.75 Å². The van der Waals surface area contributed by atoms with Crippen LogP contribution in [0.2, 0.25) is 0 Å². The minimum atomic E-state index is -4.81. The first-order valence-electron chi connectivity index (χ1n) is 8.84. The number of benzene rings is 2. The van der Waals surface area contributed by atoms with Crippen LogP contribution in [0.25, 0.3) is 10.9 Å². The number of nitrogens with one attached hydrogen (secondary N) is 2. The highest BCUT2D eigenvalue weighted by Gasteiger charge is 2.43. The fourth-order valence-electron chi connectivity index (χ4n) is 3.62. The molecule has 9 heteroatoms. The van der Waals surface area contributed by atoms with Crippen molar-refractivity contribution in [3.05, 3.63) is 58.8 Å². The second kappa shape index (κ2) is 7.38. The third kappa shape index (κ3) is 4.40. The van der Waals surface area contributed by atoms with Gasteiger partial charge in [0, 0.05) is 17.1 Å². The van der Waals surface area contributed by atoms with Gasteiger partial charge in [-0.1, -0.05) is 17.7 Å². The van der Waals surface area contributed by atoms with Gasteiger partial charge in [0.05, 0.1) is 4.90 Å². The van der Waals surface area contributed by atoms with Crippen molar-refractivity contribution < 1.29 is 26.7 Å². The SMILES string of the molecule is Cc1cc(C)c(S(=O)(=O)NC(Cc2c[nH]c3ccc(O)cc23)C(F)(F)F)c(C)c1. The Labute approximate surface area is 166 Å². The Morgan fingerprint density at radius 1 is 1.10 bits per heavy atom. The van der Waals surface area contributed by atoms with Crippen LogP contribution in [-0.2, 0) is 16.4 Å². The molecule has 156 valence electrons. The molecule has 0 amide bonds. The van der Waals surface area contributed by atoms with Crippen molar-refractivity contribution in [2.45, 2.75) is 44.3 Å². The van der Waals surface area contributed by atoms with E-state index in [9.17, 15) is 26.7 Å². The lowest BCUT2D eigenvalue weighted by Crippen LogP contribution is -2.47. The van der Waals surface area contributed by atoms with Crippen LogP contribution in [0.1, 0.15) is 22.3 Å². The molecule has 0 radical (unpaired) electrons. The molecule has 1 unspecified atom stereocenters. The Morgan fingerprint density at radius 2 is 1.72 bits per heavy atom. The monoisotopic (exact) mass is 426 g/mol. The Balaban J connectivity index is 1.99. The lowest BCUT2D eigenvalue weighted by Gasteiger charge is -2.23. The van der Waals surface area contributed by atoms with E-state index in [-0.39, 0.29) is 16.2 Å². The maximum atomic E-state index is 13.7. The topological polar surface area (TPSA) is 82.2 Å². The number of halogens is 3. The van der Waals surface area contributed by atoms with Gasteiger partial charge in [-0.05, 0) is 62.1 Å². The number of fused-ring (bicyclic) bond motifs is 1. The van der Waals surface area contributed by atoms with E-state index in [4.69, 9.17) is 0 Å². The molecule has 1 heterocycles. The summed E-state index contributed by atoms with van der Waals surface area (Å²) in [5.41, 5.74) is 2.39. The van der Waals surface area contributed by atoms with Crippen molar-refractivity contribution in [2.24, 2.45) is 0 Å². The Hall–Kier alpha value is -2.52. The second-order valence-corrected chi connectivity index (χ2v) is 8.84. The van der Waals surface area contributed by atoms with E-state index >= 15 is 0 Å². The Morgan fingerprint density at radius 3 is 2.31 bits per heavy atom. The Bertz CT molecular complexity index is 1140. The molecular formula is C20H21F3N2O3S. The van der Waals surface area contributed by atoms with E-state index in [2.05, 4.69) is 4.98 Å². The number of phenolic OH excluding ortho intramolecular Hbond substituents is 1. The molecule has 1 atom stereocenters.